The van der Waals surface area contributed by atoms with E-state index in [0.29, 0.717) is 0 Å². The molecule has 0 fully saturated rings. The molecule has 0 saturated heterocycles. The van der Waals surface area contributed by atoms with Crippen LogP contribution in [0.1, 0.15) is 0 Å². The highest BCUT2D eigenvalue weighted by atomic mass is 32.1. The zero-order valence-electron chi connectivity index (χ0n) is 39.1. The number of benzene rings is 12. The lowest BCUT2D eigenvalue weighted by atomic mass is 9.94. The first kappa shape index (κ1) is 42.1. The van der Waals surface area contributed by atoms with Crippen LogP contribution in [0.25, 0.3) is 95.3 Å². The second-order valence-electron chi connectivity index (χ2n) is 18.4. The van der Waals surface area contributed by atoms with Gasteiger partial charge in [-0.15, -0.1) is 22.7 Å². The van der Waals surface area contributed by atoms with E-state index >= 15 is 0 Å². The topological polar surface area (TPSA) is 6.48 Å². The lowest BCUT2D eigenvalue weighted by molar-refractivity contribution is 1.25. The van der Waals surface area contributed by atoms with Crippen molar-refractivity contribution in [3.8, 4) is 33.4 Å². The molecule has 338 valence electrons. The zero-order valence-corrected chi connectivity index (χ0v) is 40.7. The number of anilines is 6. The van der Waals surface area contributed by atoms with Gasteiger partial charge in [-0.25, -0.2) is 0 Å². The van der Waals surface area contributed by atoms with Gasteiger partial charge >= 0.3 is 0 Å². The van der Waals surface area contributed by atoms with Crippen LogP contribution >= 0.6 is 22.7 Å². The molecule has 14 aromatic rings. The van der Waals surface area contributed by atoms with Crippen LogP contribution in [0.4, 0.5) is 34.1 Å². The third kappa shape index (κ3) is 7.23. The molecule has 0 saturated carbocycles. The average molecular weight is 953 g/mol. The molecule has 0 N–H and O–H groups in total. The summed E-state index contributed by atoms with van der Waals surface area (Å²) in [6.45, 7) is 0. The fourth-order valence-electron chi connectivity index (χ4n) is 10.9. The van der Waals surface area contributed by atoms with E-state index in [0.717, 1.165) is 45.3 Å². The quantitative estimate of drug-likeness (QED) is 0.142. The standard InChI is InChI=1S/C68H44N2S2/c1-6-20-45(21-7-1)60-43-65-67(57-32-18-16-30-55(57)60)59-36-35-52(42-64(59)72-65)70(51-28-14-5-15-29-51)54-39-48(38-53(41-54)69(49-24-10-3-11-25-49)50-26-12-4-13-27-50)47-34-37-63-62(40-47)68-58-33-19-17-31-56(58)61(44-66(68)71-63)46-22-8-2-9-23-46/h1-44H. The maximum atomic E-state index is 2.44. The molecule has 0 radical (unpaired) electrons. The Bertz CT molecular complexity index is 4280. The van der Waals surface area contributed by atoms with E-state index in [9.17, 15) is 0 Å². The Labute approximate surface area is 426 Å². The summed E-state index contributed by atoms with van der Waals surface area (Å²) in [5.74, 6) is 0. The van der Waals surface area contributed by atoms with E-state index in [1.54, 1.807) is 0 Å². The molecule has 0 unspecified atom stereocenters. The molecule has 2 nitrogen and oxygen atoms in total. The van der Waals surface area contributed by atoms with Gasteiger partial charge in [-0.05, 0) is 146 Å². The van der Waals surface area contributed by atoms with Crippen LogP contribution in [-0.2, 0) is 0 Å². The minimum Gasteiger partial charge on any atom is -0.310 e. The summed E-state index contributed by atoms with van der Waals surface area (Å²) in [6.07, 6.45) is 0. The predicted octanol–water partition coefficient (Wildman–Crippen LogP) is 20.7. The summed E-state index contributed by atoms with van der Waals surface area (Å²) >= 11 is 3.76. The third-order valence-electron chi connectivity index (χ3n) is 14.2. The van der Waals surface area contributed by atoms with Crippen LogP contribution < -0.4 is 9.80 Å². The summed E-state index contributed by atoms with van der Waals surface area (Å²) in [5, 5.41) is 10.3. The van der Waals surface area contributed by atoms with Crippen molar-refractivity contribution in [1.29, 1.82) is 0 Å². The van der Waals surface area contributed by atoms with Crippen LogP contribution in [0.15, 0.2) is 267 Å². The number of thiophene rings is 2. The van der Waals surface area contributed by atoms with Crippen molar-refractivity contribution in [2.75, 3.05) is 9.80 Å². The van der Waals surface area contributed by atoms with Crippen LogP contribution in [0, 0.1) is 0 Å². The maximum Gasteiger partial charge on any atom is 0.0488 e. The second kappa shape index (κ2) is 17.6. The van der Waals surface area contributed by atoms with Gasteiger partial charge in [-0.1, -0.05) is 176 Å². The molecular weight excluding hydrogens is 909 g/mol. The van der Waals surface area contributed by atoms with Gasteiger partial charge in [0.15, 0.2) is 0 Å². The molecule has 14 rings (SSSR count). The van der Waals surface area contributed by atoms with Gasteiger partial charge in [0, 0.05) is 74.5 Å². The van der Waals surface area contributed by atoms with E-state index in [-0.39, 0.29) is 0 Å². The van der Waals surface area contributed by atoms with Crippen LogP contribution in [0.2, 0.25) is 0 Å². The number of hydrogen-bond acceptors (Lipinski definition) is 4. The van der Waals surface area contributed by atoms with Crippen molar-refractivity contribution in [2.45, 2.75) is 0 Å². The van der Waals surface area contributed by atoms with Gasteiger partial charge in [-0.2, -0.15) is 0 Å². The minimum atomic E-state index is 1.07. The molecule has 4 heteroatoms. The summed E-state index contributed by atoms with van der Waals surface area (Å²) < 4.78 is 5.12. The molecule has 12 aromatic carbocycles. The Morgan fingerprint density at radius 1 is 0.208 bits per heavy atom. The first-order valence-corrected chi connectivity index (χ1v) is 26.1. The first-order chi connectivity index (χ1) is 35.7. The van der Waals surface area contributed by atoms with Crippen LogP contribution in [0.5, 0.6) is 0 Å². The van der Waals surface area contributed by atoms with Crippen molar-refractivity contribution in [1.82, 2.24) is 0 Å². The smallest absolute Gasteiger partial charge is 0.0488 e. The Morgan fingerprint density at radius 2 is 0.639 bits per heavy atom. The van der Waals surface area contributed by atoms with Gasteiger partial charge in [0.2, 0.25) is 0 Å². The lowest BCUT2D eigenvalue weighted by Gasteiger charge is -2.30. The van der Waals surface area contributed by atoms with Gasteiger partial charge in [0.1, 0.15) is 0 Å². The van der Waals surface area contributed by atoms with Crippen molar-refractivity contribution in [2.24, 2.45) is 0 Å². The number of hydrogen-bond donors (Lipinski definition) is 0. The van der Waals surface area contributed by atoms with E-state index in [4.69, 9.17) is 0 Å². The fraction of sp³-hybridized carbons (Fsp3) is 0. The number of nitrogens with zero attached hydrogens (tertiary/aromatic N) is 2. The second-order valence-corrected chi connectivity index (χ2v) is 20.6. The Kier molecular flexibility index (Phi) is 10.3. The molecule has 0 spiro atoms. The minimum absolute atomic E-state index is 1.07. The molecule has 0 atom stereocenters. The van der Waals surface area contributed by atoms with E-state index in [1.165, 1.54) is 84.1 Å². The van der Waals surface area contributed by atoms with E-state index < -0.39 is 0 Å². The SMILES string of the molecule is c1ccc(-c2cc3sc4cc(N(c5ccccc5)c5cc(-c6ccc7sc8cc(-c9ccccc9)c9ccccc9c8c7c6)cc(N(c6ccccc6)c6ccccc6)c5)ccc4c3c3ccccc23)cc1. The van der Waals surface area contributed by atoms with Crippen LogP contribution in [0.3, 0.4) is 0 Å². The zero-order chi connectivity index (χ0) is 47.5. The van der Waals surface area contributed by atoms with Gasteiger partial charge in [0.25, 0.3) is 0 Å². The Hall–Kier alpha value is -8.80. The summed E-state index contributed by atoms with van der Waals surface area (Å²) in [6, 6.07) is 97.9. The lowest BCUT2D eigenvalue weighted by Crippen LogP contribution is -2.13. The summed E-state index contributed by atoms with van der Waals surface area (Å²) in [7, 11) is 0. The predicted molar refractivity (Wildman–Crippen MR) is 313 cm³/mol. The van der Waals surface area contributed by atoms with Gasteiger partial charge in [-0.3, -0.25) is 0 Å². The molecule has 0 aliphatic heterocycles. The van der Waals surface area contributed by atoms with E-state index in [2.05, 4.69) is 277 Å². The molecule has 0 aliphatic carbocycles. The Morgan fingerprint density at radius 3 is 1.15 bits per heavy atom. The van der Waals surface area contributed by atoms with Crippen molar-refractivity contribution in [3.05, 3.63) is 267 Å². The molecule has 0 aliphatic rings. The molecule has 0 amide bonds. The third-order valence-corrected chi connectivity index (χ3v) is 16.4. The highest BCUT2D eigenvalue weighted by molar-refractivity contribution is 7.26. The normalized spacial score (nSPS) is 11.6. The highest BCUT2D eigenvalue weighted by Gasteiger charge is 2.22. The van der Waals surface area contributed by atoms with Gasteiger partial charge < -0.3 is 9.80 Å². The molecular formula is C68H44N2S2. The molecule has 72 heavy (non-hydrogen) atoms. The van der Waals surface area contributed by atoms with E-state index in [1.807, 2.05) is 22.7 Å². The first-order valence-electron chi connectivity index (χ1n) is 24.5. The number of rotatable bonds is 9. The average Bonchev–Trinajstić information content (AvgIpc) is 4.02. The van der Waals surface area contributed by atoms with Crippen molar-refractivity contribution in [3.63, 3.8) is 0 Å². The molecule has 2 heterocycles. The maximum absolute atomic E-state index is 2.44. The molecule has 0 bridgehead atoms. The largest absolute Gasteiger partial charge is 0.310 e. The monoisotopic (exact) mass is 952 g/mol. The fourth-order valence-corrected chi connectivity index (χ4v) is 13.3. The summed E-state index contributed by atoms with van der Waals surface area (Å²) in [4.78, 5) is 4.83. The number of fused-ring (bicyclic) bond motifs is 10. The summed E-state index contributed by atoms with van der Waals surface area (Å²) in [5.41, 5.74) is 13.8. The molecule has 2 aromatic heterocycles. The van der Waals surface area contributed by atoms with Gasteiger partial charge in [0.05, 0.1) is 0 Å². The van der Waals surface area contributed by atoms with Crippen molar-refractivity contribution < 1.29 is 0 Å². The highest BCUT2D eigenvalue weighted by Crippen LogP contribution is 2.49. The van der Waals surface area contributed by atoms with Crippen LogP contribution in [-0.4, -0.2) is 0 Å². The van der Waals surface area contributed by atoms with Crippen molar-refractivity contribution >= 4 is 119 Å². The number of para-hydroxylation sites is 3. The Balaban J connectivity index is 0.997.